The van der Waals surface area contributed by atoms with Crippen LogP contribution in [0.15, 0.2) is 36.5 Å². The van der Waals surface area contributed by atoms with Crippen LogP contribution in [0.1, 0.15) is 17.4 Å². The predicted octanol–water partition coefficient (Wildman–Crippen LogP) is 1.03. The first-order valence-electron chi connectivity index (χ1n) is 7.43. The molecule has 1 heterocycles. The Labute approximate surface area is 143 Å². The number of aromatic nitrogens is 1. The Morgan fingerprint density at radius 3 is 2.64 bits per heavy atom. The van der Waals surface area contributed by atoms with Gasteiger partial charge in [-0.05, 0) is 30.7 Å². The highest BCUT2D eigenvalue weighted by atomic mass is 16.6. The Bertz CT molecular complexity index is 815. The van der Waals surface area contributed by atoms with Gasteiger partial charge in [0.1, 0.15) is 11.8 Å². The summed E-state index contributed by atoms with van der Waals surface area (Å²) in [4.78, 5) is 34.1. The highest BCUT2D eigenvalue weighted by Crippen LogP contribution is 2.25. The summed E-state index contributed by atoms with van der Waals surface area (Å²) < 4.78 is 1.69. The molecule has 1 aromatic carbocycles. The van der Waals surface area contributed by atoms with Gasteiger partial charge in [0, 0.05) is 31.5 Å². The molecular weight excluding hydrogens is 328 g/mol. The van der Waals surface area contributed by atoms with E-state index in [-0.39, 0.29) is 17.9 Å². The average molecular weight is 346 g/mol. The summed E-state index contributed by atoms with van der Waals surface area (Å²) >= 11 is 0. The van der Waals surface area contributed by atoms with E-state index in [4.69, 9.17) is 0 Å². The SMILES string of the molecule is Cc1ccc(NC(=O)C(=O)NCC(O)c2cccn2C)c([N+](=O)[O-])c1. The minimum absolute atomic E-state index is 0.0706. The predicted molar refractivity (Wildman–Crippen MR) is 89.8 cm³/mol. The van der Waals surface area contributed by atoms with Crippen molar-refractivity contribution in [1.82, 2.24) is 9.88 Å². The standard InChI is InChI=1S/C16H18N4O5/c1-10-5-6-11(13(8-10)20(24)25)18-16(23)15(22)17-9-14(21)12-4-3-7-19(12)2/h3-8,14,21H,9H2,1-2H3,(H,17,22)(H,18,23). The molecule has 0 saturated heterocycles. The highest BCUT2D eigenvalue weighted by Gasteiger charge is 2.21. The van der Waals surface area contributed by atoms with Crippen LogP contribution in [0.25, 0.3) is 0 Å². The van der Waals surface area contributed by atoms with Gasteiger partial charge < -0.3 is 20.3 Å². The minimum Gasteiger partial charge on any atom is -0.385 e. The molecule has 0 aliphatic heterocycles. The summed E-state index contributed by atoms with van der Waals surface area (Å²) in [6.07, 6.45) is 0.759. The third-order valence-electron chi connectivity index (χ3n) is 3.59. The van der Waals surface area contributed by atoms with Gasteiger partial charge in [-0.25, -0.2) is 0 Å². The van der Waals surface area contributed by atoms with Crippen molar-refractivity contribution < 1.29 is 19.6 Å². The number of aliphatic hydroxyl groups excluding tert-OH is 1. The molecule has 0 aliphatic carbocycles. The smallest absolute Gasteiger partial charge is 0.313 e. The van der Waals surface area contributed by atoms with Crippen molar-refractivity contribution in [3.63, 3.8) is 0 Å². The molecule has 2 aromatic rings. The quantitative estimate of drug-likeness (QED) is 0.423. The molecule has 9 nitrogen and oxygen atoms in total. The van der Waals surface area contributed by atoms with Crippen LogP contribution in [0.4, 0.5) is 11.4 Å². The van der Waals surface area contributed by atoms with Crippen molar-refractivity contribution in [3.05, 3.63) is 57.9 Å². The Hall–Kier alpha value is -3.20. The molecule has 3 N–H and O–H groups in total. The number of carbonyl (C=O) groups excluding carboxylic acids is 2. The van der Waals surface area contributed by atoms with Crippen molar-refractivity contribution in [2.75, 3.05) is 11.9 Å². The fourth-order valence-corrected chi connectivity index (χ4v) is 2.27. The average Bonchev–Trinajstić information content (AvgIpc) is 2.99. The van der Waals surface area contributed by atoms with Crippen LogP contribution in [-0.4, -0.2) is 33.0 Å². The number of nitrogens with zero attached hydrogens (tertiary/aromatic N) is 2. The number of anilines is 1. The molecule has 9 heteroatoms. The lowest BCUT2D eigenvalue weighted by atomic mass is 10.2. The first kappa shape index (κ1) is 18.1. The minimum atomic E-state index is -1.05. The second kappa shape index (κ2) is 7.58. The summed E-state index contributed by atoms with van der Waals surface area (Å²) in [6.45, 7) is 1.51. The third kappa shape index (κ3) is 4.42. The van der Waals surface area contributed by atoms with E-state index in [0.717, 1.165) is 0 Å². The van der Waals surface area contributed by atoms with E-state index in [0.29, 0.717) is 11.3 Å². The van der Waals surface area contributed by atoms with Crippen molar-refractivity contribution >= 4 is 23.2 Å². The number of carbonyl (C=O) groups is 2. The van der Waals surface area contributed by atoms with Crippen molar-refractivity contribution in [3.8, 4) is 0 Å². The molecule has 0 radical (unpaired) electrons. The maximum atomic E-state index is 11.9. The maximum absolute atomic E-state index is 11.9. The zero-order valence-corrected chi connectivity index (χ0v) is 13.7. The van der Waals surface area contributed by atoms with Gasteiger partial charge in [0.05, 0.1) is 4.92 Å². The topological polar surface area (TPSA) is 127 Å². The van der Waals surface area contributed by atoms with Crippen LogP contribution in [0.5, 0.6) is 0 Å². The number of aryl methyl sites for hydroxylation is 2. The van der Waals surface area contributed by atoms with E-state index in [1.807, 2.05) is 0 Å². The molecule has 1 atom stereocenters. The summed E-state index contributed by atoms with van der Waals surface area (Å²) in [7, 11) is 1.74. The number of hydrogen-bond donors (Lipinski definition) is 3. The summed E-state index contributed by atoms with van der Waals surface area (Å²) in [5.74, 6) is -2.05. The molecule has 0 saturated carbocycles. The van der Waals surface area contributed by atoms with Crippen LogP contribution in [-0.2, 0) is 16.6 Å². The van der Waals surface area contributed by atoms with Crippen molar-refractivity contribution in [2.45, 2.75) is 13.0 Å². The Morgan fingerprint density at radius 1 is 1.32 bits per heavy atom. The van der Waals surface area contributed by atoms with E-state index in [1.54, 1.807) is 42.9 Å². The molecule has 1 aromatic heterocycles. The molecule has 2 amide bonds. The second-order valence-corrected chi connectivity index (χ2v) is 5.50. The third-order valence-corrected chi connectivity index (χ3v) is 3.59. The van der Waals surface area contributed by atoms with Crippen LogP contribution in [0.3, 0.4) is 0 Å². The highest BCUT2D eigenvalue weighted by molar-refractivity contribution is 6.39. The number of aliphatic hydroxyl groups is 1. The van der Waals surface area contributed by atoms with E-state index >= 15 is 0 Å². The first-order valence-corrected chi connectivity index (χ1v) is 7.43. The number of hydrogen-bond acceptors (Lipinski definition) is 5. The van der Waals surface area contributed by atoms with Gasteiger partial charge in [-0.1, -0.05) is 6.07 Å². The summed E-state index contributed by atoms with van der Waals surface area (Å²) in [5, 5.41) is 25.5. The van der Waals surface area contributed by atoms with Gasteiger partial charge in [-0.2, -0.15) is 0 Å². The molecule has 2 rings (SSSR count). The summed E-state index contributed by atoms with van der Waals surface area (Å²) in [6, 6.07) is 7.67. The number of benzene rings is 1. The lowest BCUT2D eigenvalue weighted by molar-refractivity contribution is -0.384. The molecule has 25 heavy (non-hydrogen) atoms. The molecule has 0 fully saturated rings. The van der Waals surface area contributed by atoms with Gasteiger partial charge in [-0.15, -0.1) is 0 Å². The number of amides is 2. The van der Waals surface area contributed by atoms with Crippen LogP contribution >= 0.6 is 0 Å². The first-order chi connectivity index (χ1) is 11.8. The Morgan fingerprint density at radius 2 is 2.04 bits per heavy atom. The van der Waals surface area contributed by atoms with Gasteiger partial charge in [0.25, 0.3) is 5.69 Å². The van der Waals surface area contributed by atoms with Gasteiger partial charge >= 0.3 is 11.8 Å². The monoisotopic (exact) mass is 346 g/mol. The normalized spacial score (nSPS) is 11.6. The zero-order chi connectivity index (χ0) is 18.6. The number of nitro groups is 1. The lowest BCUT2D eigenvalue weighted by Gasteiger charge is -2.13. The van der Waals surface area contributed by atoms with Gasteiger partial charge in [-0.3, -0.25) is 19.7 Å². The fourth-order valence-electron chi connectivity index (χ4n) is 2.27. The summed E-state index contributed by atoms with van der Waals surface area (Å²) in [5.41, 5.74) is 0.860. The van der Waals surface area contributed by atoms with Crippen LogP contribution in [0.2, 0.25) is 0 Å². The van der Waals surface area contributed by atoms with Crippen molar-refractivity contribution in [1.29, 1.82) is 0 Å². The number of nitrogens with one attached hydrogen (secondary N) is 2. The van der Waals surface area contributed by atoms with Crippen molar-refractivity contribution in [2.24, 2.45) is 7.05 Å². The zero-order valence-electron chi connectivity index (χ0n) is 13.7. The van der Waals surface area contributed by atoms with E-state index in [2.05, 4.69) is 10.6 Å². The Kier molecular flexibility index (Phi) is 5.50. The second-order valence-electron chi connectivity index (χ2n) is 5.50. The maximum Gasteiger partial charge on any atom is 0.313 e. The van der Waals surface area contributed by atoms with Crippen LogP contribution in [0, 0.1) is 17.0 Å². The van der Waals surface area contributed by atoms with Gasteiger partial charge in [0.15, 0.2) is 0 Å². The number of nitro benzene ring substituents is 1. The number of rotatable bonds is 5. The van der Waals surface area contributed by atoms with Crippen LogP contribution < -0.4 is 10.6 Å². The van der Waals surface area contributed by atoms with E-state index in [9.17, 15) is 24.8 Å². The molecule has 132 valence electrons. The van der Waals surface area contributed by atoms with E-state index in [1.165, 1.54) is 12.1 Å². The lowest BCUT2D eigenvalue weighted by Crippen LogP contribution is -2.38. The molecule has 0 bridgehead atoms. The molecular formula is C16H18N4O5. The Balaban J connectivity index is 1.98. The molecule has 0 spiro atoms. The van der Waals surface area contributed by atoms with E-state index < -0.39 is 22.8 Å². The van der Waals surface area contributed by atoms with Gasteiger partial charge in [0.2, 0.25) is 0 Å². The largest absolute Gasteiger partial charge is 0.385 e. The fraction of sp³-hybridized carbons (Fsp3) is 0.250. The molecule has 0 aliphatic rings. The molecule has 1 unspecified atom stereocenters.